The Labute approximate surface area is 54.6 Å². The first-order valence-corrected chi connectivity index (χ1v) is 3.05. The van der Waals surface area contributed by atoms with E-state index in [2.05, 4.69) is 11.7 Å². The van der Waals surface area contributed by atoms with Crippen molar-refractivity contribution in [3.63, 3.8) is 0 Å². The molecule has 3 nitrogen and oxygen atoms in total. The Kier molecular flexibility index (Phi) is 1.71. The van der Waals surface area contributed by atoms with Crippen LogP contribution >= 0.6 is 0 Å². The molecule has 52 valence electrons. The van der Waals surface area contributed by atoms with Crippen LogP contribution in [-0.2, 0) is 9.53 Å². The zero-order chi connectivity index (χ0) is 6.85. The zero-order valence-corrected chi connectivity index (χ0v) is 5.76. The minimum Gasteiger partial charge on any atom is -0.468 e. The number of ether oxygens (including phenoxy) is 1. The Bertz CT molecular complexity index is 124. The van der Waals surface area contributed by atoms with Gasteiger partial charge in [-0.15, -0.1) is 0 Å². The fourth-order valence-corrected chi connectivity index (χ4v) is 0.743. The van der Waals surface area contributed by atoms with Gasteiger partial charge in [0.2, 0.25) is 0 Å². The van der Waals surface area contributed by atoms with Gasteiger partial charge in [0, 0.05) is 12.6 Å². The van der Waals surface area contributed by atoms with Gasteiger partial charge >= 0.3 is 5.97 Å². The molecule has 0 saturated carbocycles. The van der Waals surface area contributed by atoms with E-state index in [-0.39, 0.29) is 5.97 Å². The standard InChI is InChI=1S/C6H11NO2/c1-5-3-7(5)4-6(8)9-2/h5H,3-4H2,1-2H3. The molecule has 9 heavy (non-hydrogen) atoms. The highest BCUT2D eigenvalue weighted by molar-refractivity contribution is 5.71. The van der Waals surface area contributed by atoms with Gasteiger partial charge in [-0.05, 0) is 6.92 Å². The molecule has 2 atom stereocenters. The lowest BCUT2D eigenvalue weighted by molar-refractivity contribution is -0.140. The van der Waals surface area contributed by atoms with Gasteiger partial charge < -0.3 is 4.74 Å². The summed E-state index contributed by atoms with van der Waals surface area (Å²) in [6, 6.07) is 0.587. The van der Waals surface area contributed by atoms with Crippen molar-refractivity contribution in [2.45, 2.75) is 13.0 Å². The Morgan fingerprint density at radius 1 is 1.89 bits per heavy atom. The number of esters is 1. The molecule has 1 saturated heterocycles. The van der Waals surface area contributed by atoms with E-state index >= 15 is 0 Å². The second kappa shape index (κ2) is 2.35. The van der Waals surface area contributed by atoms with Crippen molar-refractivity contribution in [2.24, 2.45) is 0 Å². The summed E-state index contributed by atoms with van der Waals surface area (Å²) in [7, 11) is 1.41. The molecular formula is C6H11NO2. The summed E-state index contributed by atoms with van der Waals surface area (Å²) in [6.07, 6.45) is 0. The maximum atomic E-state index is 10.5. The van der Waals surface area contributed by atoms with E-state index in [4.69, 9.17) is 0 Å². The molecule has 1 aliphatic rings. The van der Waals surface area contributed by atoms with Crippen LogP contribution in [0.5, 0.6) is 0 Å². The second-order valence-electron chi connectivity index (χ2n) is 2.35. The monoisotopic (exact) mass is 129 g/mol. The van der Waals surface area contributed by atoms with Crippen molar-refractivity contribution in [3.05, 3.63) is 0 Å². The smallest absolute Gasteiger partial charge is 0.319 e. The van der Waals surface area contributed by atoms with E-state index in [1.165, 1.54) is 7.11 Å². The Hall–Kier alpha value is -0.570. The Morgan fingerprint density at radius 2 is 2.44 bits per heavy atom. The number of hydrogen-bond donors (Lipinski definition) is 0. The largest absolute Gasteiger partial charge is 0.468 e. The van der Waals surface area contributed by atoms with E-state index in [0.29, 0.717) is 12.6 Å². The van der Waals surface area contributed by atoms with E-state index in [9.17, 15) is 4.79 Å². The van der Waals surface area contributed by atoms with Gasteiger partial charge in [-0.25, -0.2) is 0 Å². The van der Waals surface area contributed by atoms with E-state index in [1.807, 2.05) is 4.90 Å². The third-order valence-electron chi connectivity index (χ3n) is 1.55. The lowest BCUT2D eigenvalue weighted by Crippen LogP contribution is -2.15. The molecule has 0 radical (unpaired) electrons. The van der Waals surface area contributed by atoms with E-state index in [1.54, 1.807) is 0 Å². The molecule has 1 rings (SSSR count). The fraction of sp³-hybridized carbons (Fsp3) is 0.833. The molecule has 2 unspecified atom stereocenters. The molecule has 0 aromatic rings. The minimum atomic E-state index is -0.139. The number of carbonyl (C=O) groups is 1. The number of carbonyl (C=O) groups excluding carboxylic acids is 1. The Morgan fingerprint density at radius 3 is 2.78 bits per heavy atom. The summed E-state index contributed by atoms with van der Waals surface area (Å²) in [5.41, 5.74) is 0. The molecule has 1 aliphatic heterocycles. The summed E-state index contributed by atoms with van der Waals surface area (Å²) in [6.45, 7) is 3.58. The normalized spacial score (nSPS) is 31.8. The first-order valence-electron chi connectivity index (χ1n) is 3.05. The zero-order valence-electron chi connectivity index (χ0n) is 5.76. The summed E-state index contributed by atoms with van der Waals surface area (Å²) < 4.78 is 4.47. The van der Waals surface area contributed by atoms with Crippen molar-refractivity contribution in [3.8, 4) is 0 Å². The number of methoxy groups -OCH3 is 1. The molecule has 0 aliphatic carbocycles. The molecular weight excluding hydrogens is 118 g/mol. The molecule has 0 N–H and O–H groups in total. The highest BCUT2D eigenvalue weighted by Gasteiger charge is 2.30. The number of hydrogen-bond acceptors (Lipinski definition) is 3. The molecule has 3 heteroatoms. The van der Waals surface area contributed by atoms with Gasteiger partial charge in [0.1, 0.15) is 0 Å². The predicted octanol–water partition coefficient (Wildman–Crippen LogP) is -0.137. The highest BCUT2D eigenvalue weighted by Crippen LogP contribution is 2.14. The number of rotatable bonds is 2. The molecule has 1 fully saturated rings. The average molecular weight is 129 g/mol. The lowest BCUT2D eigenvalue weighted by atomic mass is 10.6. The molecule has 0 bridgehead atoms. The van der Waals surface area contributed by atoms with E-state index < -0.39 is 0 Å². The SMILES string of the molecule is COC(=O)CN1CC1C. The van der Waals surface area contributed by atoms with Crippen LogP contribution in [0.3, 0.4) is 0 Å². The molecule has 0 spiro atoms. The Balaban J connectivity index is 2.12. The van der Waals surface area contributed by atoms with Gasteiger partial charge in [0.05, 0.1) is 13.7 Å². The molecule has 0 aromatic heterocycles. The van der Waals surface area contributed by atoms with Crippen LogP contribution in [0.15, 0.2) is 0 Å². The van der Waals surface area contributed by atoms with Gasteiger partial charge in [-0.3, -0.25) is 9.69 Å². The van der Waals surface area contributed by atoms with Crippen LogP contribution in [-0.4, -0.2) is 37.1 Å². The third-order valence-corrected chi connectivity index (χ3v) is 1.55. The van der Waals surface area contributed by atoms with Crippen molar-refractivity contribution in [1.82, 2.24) is 4.90 Å². The topological polar surface area (TPSA) is 29.3 Å². The third kappa shape index (κ3) is 1.68. The quantitative estimate of drug-likeness (QED) is 0.384. The molecule has 1 heterocycles. The van der Waals surface area contributed by atoms with Crippen molar-refractivity contribution in [2.75, 3.05) is 20.2 Å². The lowest BCUT2D eigenvalue weighted by Gasteiger charge is -1.97. The van der Waals surface area contributed by atoms with Crippen molar-refractivity contribution >= 4 is 5.97 Å². The van der Waals surface area contributed by atoms with Gasteiger partial charge in [0.15, 0.2) is 0 Å². The van der Waals surface area contributed by atoms with Crippen LogP contribution in [0.1, 0.15) is 6.92 Å². The average Bonchev–Trinajstić information content (AvgIpc) is 2.47. The highest BCUT2D eigenvalue weighted by atomic mass is 16.5. The van der Waals surface area contributed by atoms with Crippen molar-refractivity contribution < 1.29 is 9.53 Å². The molecule has 0 aromatic carbocycles. The van der Waals surface area contributed by atoms with Gasteiger partial charge in [-0.2, -0.15) is 0 Å². The summed E-state index contributed by atoms with van der Waals surface area (Å²) >= 11 is 0. The van der Waals surface area contributed by atoms with Crippen molar-refractivity contribution in [1.29, 1.82) is 0 Å². The van der Waals surface area contributed by atoms with Gasteiger partial charge in [0.25, 0.3) is 0 Å². The summed E-state index contributed by atoms with van der Waals surface area (Å²) in [5, 5.41) is 0. The summed E-state index contributed by atoms with van der Waals surface area (Å²) in [5.74, 6) is -0.139. The van der Waals surface area contributed by atoms with Crippen LogP contribution in [0.4, 0.5) is 0 Å². The van der Waals surface area contributed by atoms with Gasteiger partial charge in [-0.1, -0.05) is 0 Å². The minimum absolute atomic E-state index is 0.139. The number of nitrogens with zero attached hydrogens (tertiary/aromatic N) is 1. The van der Waals surface area contributed by atoms with Crippen LogP contribution in [0.2, 0.25) is 0 Å². The molecule has 0 amide bonds. The fourth-order valence-electron chi connectivity index (χ4n) is 0.743. The van der Waals surface area contributed by atoms with Crippen LogP contribution in [0.25, 0.3) is 0 Å². The maximum absolute atomic E-state index is 10.5. The summed E-state index contributed by atoms with van der Waals surface area (Å²) in [4.78, 5) is 12.6. The second-order valence-corrected chi connectivity index (χ2v) is 2.35. The van der Waals surface area contributed by atoms with Crippen LogP contribution < -0.4 is 0 Å². The van der Waals surface area contributed by atoms with E-state index in [0.717, 1.165) is 6.54 Å². The maximum Gasteiger partial charge on any atom is 0.319 e. The predicted molar refractivity (Wildman–Crippen MR) is 33.1 cm³/mol. The van der Waals surface area contributed by atoms with Crippen LogP contribution in [0, 0.1) is 0 Å². The first kappa shape index (κ1) is 6.55. The first-order chi connectivity index (χ1) is 4.24.